The Hall–Kier alpha value is -2.82. The van der Waals surface area contributed by atoms with Gasteiger partial charge in [-0.3, -0.25) is 9.59 Å². The second-order valence-corrected chi connectivity index (χ2v) is 7.05. The van der Waals surface area contributed by atoms with Crippen LogP contribution in [-0.4, -0.2) is 29.8 Å². The average Bonchev–Trinajstić information content (AvgIpc) is 2.63. The summed E-state index contributed by atoms with van der Waals surface area (Å²) < 4.78 is 0. The van der Waals surface area contributed by atoms with Crippen molar-refractivity contribution in [2.45, 2.75) is 26.7 Å². The van der Waals surface area contributed by atoms with E-state index in [4.69, 9.17) is 5.73 Å². The quantitative estimate of drug-likeness (QED) is 0.828. The Bertz CT molecular complexity index is 824. The molecule has 0 bridgehead atoms. The average molecular weight is 351 g/mol. The van der Waals surface area contributed by atoms with Crippen molar-refractivity contribution in [1.82, 2.24) is 4.90 Å². The molecule has 1 fully saturated rings. The Morgan fingerprint density at radius 1 is 1.12 bits per heavy atom. The fraction of sp³-hybridized carbons (Fsp3) is 0.333. The van der Waals surface area contributed by atoms with Gasteiger partial charge in [0.15, 0.2) is 0 Å². The summed E-state index contributed by atoms with van der Waals surface area (Å²) in [5.74, 6) is 0.490. The van der Waals surface area contributed by atoms with E-state index in [1.807, 2.05) is 17.9 Å². The zero-order valence-corrected chi connectivity index (χ0v) is 15.3. The lowest BCUT2D eigenvalue weighted by Crippen LogP contribution is -2.37. The molecule has 0 aromatic heterocycles. The Morgan fingerprint density at radius 2 is 1.81 bits per heavy atom. The first kappa shape index (κ1) is 18.0. The van der Waals surface area contributed by atoms with E-state index in [0.717, 1.165) is 31.5 Å². The van der Waals surface area contributed by atoms with E-state index in [9.17, 15) is 9.59 Å². The Morgan fingerprint density at radius 3 is 2.46 bits per heavy atom. The van der Waals surface area contributed by atoms with Crippen LogP contribution in [0, 0.1) is 12.8 Å². The van der Waals surface area contributed by atoms with Gasteiger partial charge < -0.3 is 16.0 Å². The third-order valence-corrected chi connectivity index (χ3v) is 5.00. The van der Waals surface area contributed by atoms with Crippen LogP contribution < -0.4 is 11.1 Å². The lowest BCUT2D eigenvalue weighted by molar-refractivity contribution is 0.0697. The second kappa shape index (κ2) is 7.60. The number of nitrogens with zero attached hydrogens (tertiary/aromatic N) is 1. The van der Waals surface area contributed by atoms with Gasteiger partial charge in [-0.25, -0.2) is 0 Å². The summed E-state index contributed by atoms with van der Waals surface area (Å²) in [5, 5.41) is 2.87. The molecule has 1 aliphatic rings. The summed E-state index contributed by atoms with van der Waals surface area (Å²) in [7, 11) is 0. The predicted octanol–water partition coefficient (Wildman–Crippen LogP) is 3.70. The van der Waals surface area contributed by atoms with Crippen molar-refractivity contribution in [3.05, 3.63) is 59.2 Å². The maximum absolute atomic E-state index is 12.7. The van der Waals surface area contributed by atoms with E-state index in [1.165, 1.54) is 0 Å². The molecular formula is C21H25N3O2. The fourth-order valence-electron chi connectivity index (χ4n) is 3.22. The lowest BCUT2D eigenvalue weighted by atomic mass is 9.98. The molecule has 0 radical (unpaired) electrons. The van der Waals surface area contributed by atoms with Gasteiger partial charge >= 0.3 is 0 Å². The summed E-state index contributed by atoms with van der Waals surface area (Å²) >= 11 is 0. The van der Waals surface area contributed by atoms with Crippen LogP contribution >= 0.6 is 0 Å². The largest absolute Gasteiger partial charge is 0.398 e. The molecule has 2 aromatic carbocycles. The number of nitrogens with one attached hydrogen (secondary N) is 1. The van der Waals surface area contributed by atoms with Gasteiger partial charge in [-0.05, 0) is 61.6 Å². The van der Waals surface area contributed by atoms with Crippen molar-refractivity contribution in [3.8, 4) is 0 Å². The molecule has 0 atom stereocenters. The number of aryl methyl sites for hydroxylation is 1. The van der Waals surface area contributed by atoms with Crippen molar-refractivity contribution in [2.24, 2.45) is 5.92 Å². The molecule has 5 nitrogen and oxygen atoms in total. The first-order chi connectivity index (χ1) is 12.5. The molecule has 0 spiro atoms. The Labute approximate surface area is 154 Å². The van der Waals surface area contributed by atoms with Gasteiger partial charge in [0.2, 0.25) is 0 Å². The van der Waals surface area contributed by atoms with E-state index < -0.39 is 0 Å². The first-order valence-corrected chi connectivity index (χ1v) is 9.01. The maximum atomic E-state index is 12.7. The van der Waals surface area contributed by atoms with E-state index in [-0.39, 0.29) is 11.8 Å². The highest BCUT2D eigenvalue weighted by Gasteiger charge is 2.22. The Balaban J connectivity index is 1.72. The van der Waals surface area contributed by atoms with E-state index >= 15 is 0 Å². The molecule has 0 unspecified atom stereocenters. The fourth-order valence-corrected chi connectivity index (χ4v) is 3.22. The number of nitrogen functional groups attached to an aromatic ring is 1. The molecule has 1 aliphatic heterocycles. The standard InChI is InChI=1S/C21H25N3O2/c1-14-9-11-24(12-10-14)21(26)16-7-8-19(15(2)13-16)23-20(25)17-5-3-4-6-18(17)22/h3-8,13-14H,9-12,22H2,1-2H3,(H,23,25). The maximum Gasteiger partial charge on any atom is 0.257 e. The lowest BCUT2D eigenvalue weighted by Gasteiger charge is -2.30. The number of carbonyl (C=O) groups is 2. The van der Waals surface area contributed by atoms with Gasteiger partial charge in [0.05, 0.1) is 5.56 Å². The second-order valence-electron chi connectivity index (χ2n) is 7.05. The molecule has 26 heavy (non-hydrogen) atoms. The number of rotatable bonds is 3. The molecule has 2 amide bonds. The van der Waals surface area contributed by atoms with E-state index in [0.29, 0.717) is 28.4 Å². The zero-order chi connectivity index (χ0) is 18.7. The Kier molecular flexibility index (Phi) is 5.26. The third kappa shape index (κ3) is 3.87. The van der Waals surface area contributed by atoms with Crippen molar-refractivity contribution in [3.63, 3.8) is 0 Å². The molecule has 0 aliphatic carbocycles. The summed E-state index contributed by atoms with van der Waals surface area (Å²) in [4.78, 5) is 27.0. The summed E-state index contributed by atoms with van der Waals surface area (Å²) in [6, 6.07) is 12.4. The number of anilines is 2. The van der Waals surface area contributed by atoms with Crippen LogP contribution in [-0.2, 0) is 0 Å². The van der Waals surface area contributed by atoms with Crippen molar-refractivity contribution in [2.75, 3.05) is 24.1 Å². The SMILES string of the molecule is Cc1cc(C(=O)N2CCC(C)CC2)ccc1NC(=O)c1ccccc1N. The van der Waals surface area contributed by atoms with Crippen molar-refractivity contribution in [1.29, 1.82) is 0 Å². The van der Waals surface area contributed by atoms with Crippen LogP contribution in [0.2, 0.25) is 0 Å². The number of carbonyl (C=O) groups excluding carboxylic acids is 2. The van der Waals surface area contributed by atoms with E-state index in [2.05, 4.69) is 12.2 Å². The summed E-state index contributed by atoms with van der Waals surface area (Å²) in [5.41, 5.74) is 8.93. The minimum Gasteiger partial charge on any atom is -0.398 e. The van der Waals surface area contributed by atoms with Crippen LogP contribution in [0.3, 0.4) is 0 Å². The monoisotopic (exact) mass is 351 g/mol. The summed E-state index contributed by atoms with van der Waals surface area (Å²) in [6.45, 7) is 5.73. The summed E-state index contributed by atoms with van der Waals surface area (Å²) in [6.07, 6.45) is 2.11. The molecule has 1 saturated heterocycles. The van der Waals surface area contributed by atoms with Crippen LogP contribution in [0.25, 0.3) is 0 Å². The van der Waals surface area contributed by atoms with Crippen LogP contribution in [0.1, 0.15) is 46.0 Å². The predicted molar refractivity (Wildman–Crippen MR) is 104 cm³/mol. The number of amides is 2. The topological polar surface area (TPSA) is 75.4 Å². The number of nitrogens with two attached hydrogens (primary N) is 1. The van der Waals surface area contributed by atoms with Crippen LogP contribution in [0.5, 0.6) is 0 Å². The van der Waals surface area contributed by atoms with Gasteiger partial charge in [0, 0.05) is 30.0 Å². The number of benzene rings is 2. The van der Waals surface area contributed by atoms with Crippen LogP contribution in [0.4, 0.5) is 11.4 Å². The van der Waals surface area contributed by atoms with Gasteiger partial charge in [-0.15, -0.1) is 0 Å². The molecule has 3 rings (SSSR count). The van der Waals surface area contributed by atoms with Crippen LogP contribution in [0.15, 0.2) is 42.5 Å². The number of hydrogen-bond acceptors (Lipinski definition) is 3. The zero-order valence-electron chi connectivity index (χ0n) is 15.3. The molecule has 1 heterocycles. The normalized spacial score (nSPS) is 14.9. The molecule has 3 N–H and O–H groups in total. The highest BCUT2D eigenvalue weighted by Crippen LogP contribution is 2.22. The molecule has 0 saturated carbocycles. The van der Waals surface area contributed by atoms with E-state index in [1.54, 1.807) is 36.4 Å². The molecule has 136 valence electrons. The molecule has 2 aromatic rings. The smallest absolute Gasteiger partial charge is 0.257 e. The number of likely N-dealkylation sites (tertiary alicyclic amines) is 1. The van der Waals surface area contributed by atoms with Crippen molar-refractivity contribution >= 4 is 23.2 Å². The number of hydrogen-bond donors (Lipinski definition) is 2. The molecular weight excluding hydrogens is 326 g/mol. The highest BCUT2D eigenvalue weighted by molar-refractivity contribution is 6.08. The first-order valence-electron chi connectivity index (χ1n) is 9.01. The van der Waals surface area contributed by atoms with Gasteiger partial charge in [0.1, 0.15) is 0 Å². The minimum absolute atomic E-state index is 0.0604. The highest BCUT2D eigenvalue weighted by atomic mass is 16.2. The van der Waals surface area contributed by atoms with Crippen molar-refractivity contribution < 1.29 is 9.59 Å². The van der Waals surface area contributed by atoms with Gasteiger partial charge in [0.25, 0.3) is 11.8 Å². The number of para-hydroxylation sites is 1. The minimum atomic E-state index is -0.254. The van der Waals surface area contributed by atoms with Gasteiger partial charge in [-0.1, -0.05) is 19.1 Å². The number of piperidine rings is 1. The van der Waals surface area contributed by atoms with Gasteiger partial charge in [-0.2, -0.15) is 0 Å². The third-order valence-electron chi connectivity index (χ3n) is 5.00. The molecule has 5 heteroatoms.